The first kappa shape index (κ1) is 85.8. The van der Waals surface area contributed by atoms with E-state index in [1.807, 2.05) is 27.7 Å². The summed E-state index contributed by atoms with van der Waals surface area (Å²) >= 11 is 20.4. The fourth-order valence-electron chi connectivity index (χ4n) is 15.0. The van der Waals surface area contributed by atoms with Crippen LogP contribution in [0, 0.1) is 64.1 Å². The van der Waals surface area contributed by atoms with Gasteiger partial charge in [0.05, 0.1) is 5.38 Å². The summed E-state index contributed by atoms with van der Waals surface area (Å²) in [7, 11) is 0. The van der Waals surface area contributed by atoms with Gasteiger partial charge in [-0.1, -0.05) is 343 Å². The molecule has 92 heavy (non-hydrogen) atoms. The zero-order chi connectivity index (χ0) is 71.4. The van der Waals surface area contributed by atoms with Crippen LogP contribution in [0.15, 0.2) is 71.8 Å². The largest absolute Gasteiger partial charge is 0.118 e. The summed E-state index contributed by atoms with van der Waals surface area (Å²) in [5.41, 5.74) is 18.8. The molecule has 1 saturated carbocycles. The molecule has 8 unspecified atom stereocenters. The Hall–Kier alpha value is -2.25. The Kier molecular flexibility index (Phi) is 32.6. The van der Waals surface area contributed by atoms with Gasteiger partial charge in [-0.15, -0.1) is 11.6 Å². The van der Waals surface area contributed by atoms with Gasteiger partial charge < -0.3 is 0 Å². The maximum absolute atomic E-state index is 6.82. The molecule has 4 aliphatic carbocycles. The summed E-state index contributed by atoms with van der Waals surface area (Å²) in [6, 6.07) is 14.5. The van der Waals surface area contributed by atoms with Gasteiger partial charge in [-0.2, -0.15) is 0 Å². The topological polar surface area (TPSA) is 0 Å². The fraction of sp³-hybridized carbons (Fsp3) is 0.730. The molecule has 0 aliphatic heterocycles. The number of allylic oxidation sites excluding steroid dienone is 6. The maximum atomic E-state index is 6.82. The second-order valence-electron chi connectivity index (χ2n) is 36.9. The van der Waals surface area contributed by atoms with E-state index in [9.17, 15) is 0 Å². The van der Waals surface area contributed by atoms with Gasteiger partial charge in [0.1, 0.15) is 0 Å². The van der Waals surface area contributed by atoms with E-state index < -0.39 is 0 Å². The van der Waals surface area contributed by atoms with Crippen LogP contribution in [0.1, 0.15) is 373 Å². The van der Waals surface area contributed by atoms with Crippen LogP contribution in [-0.2, 0) is 34.5 Å². The van der Waals surface area contributed by atoms with Crippen molar-refractivity contribution in [1.29, 1.82) is 0 Å². The molecule has 7 rings (SSSR count). The fourth-order valence-corrected chi connectivity index (χ4v) is 17.3. The number of halogens is 3. The molecule has 0 amide bonds. The van der Waals surface area contributed by atoms with E-state index in [4.69, 9.17) is 34.8 Å². The van der Waals surface area contributed by atoms with Crippen LogP contribution in [0.4, 0.5) is 0 Å². The monoisotopic (exact) mass is 1320 g/mol. The summed E-state index contributed by atoms with van der Waals surface area (Å²) in [6.45, 7) is 79.8. The molecule has 0 aromatic heterocycles. The average molecular weight is 1330 g/mol. The Balaban J connectivity index is 0.000000414. The number of hydrogen-bond donors (Lipinski definition) is 0. The van der Waals surface area contributed by atoms with Gasteiger partial charge in [-0.25, -0.2) is 0 Å². The van der Waals surface area contributed by atoms with E-state index in [0.717, 1.165) is 46.6 Å². The minimum atomic E-state index is 0.0669. The van der Waals surface area contributed by atoms with Crippen molar-refractivity contribution in [3.63, 3.8) is 0 Å². The quantitative estimate of drug-likeness (QED) is 0.163. The lowest BCUT2D eigenvalue weighted by atomic mass is 9.59. The SMILES string of the molecule is CC.CC.CC1CCC(c2cc(C(C)(C)C)c(Cl)c(C(C)(C)C)c2)CC1.CCC1C=C(C(C)(C)C)C(Cl)C(C(C)(C)C)C1.CCC1C=CC(c2cc(C(C)(C)C)c(Cl)c(C(C)(C)C)c2)CC1.CCc1cc(C2C=C(C(C)(C)C)C(C)C(C(C)(C)C)C2)cc(CC)c1C. The molecular weight excluding hydrogens is 1180 g/mol. The smallest absolute Gasteiger partial charge is 0.0583 e. The number of rotatable bonds is 7. The third-order valence-electron chi connectivity index (χ3n) is 21.2. The predicted octanol–water partition coefficient (Wildman–Crippen LogP) is 30.2. The van der Waals surface area contributed by atoms with E-state index in [0.29, 0.717) is 40.4 Å². The molecule has 1 fully saturated rings. The molecule has 0 heterocycles. The van der Waals surface area contributed by atoms with Crippen LogP contribution < -0.4 is 0 Å². The molecule has 4 aliphatic rings. The predicted molar refractivity (Wildman–Crippen MR) is 421 cm³/mol. The van der Waals surface area contributed by atoms with Gasteiger partial charge in [-0.3, -0.25) is 0 Å². The highest BCUT2D eigenvalue weighted by Crippen LogP contribution is 2.53. The van der Waals surface area contributed by atoms with Crippen LogP contribution >= 0.6 is 34.8 Å². The van der Waals surface area contributed by atoms with Gasteiger partial charge in [0.15, 0.2) is 0 Å². The minimum Gasteiger partial charge on any atom is -0.118 e. The van der Waals surface area contributed by atoms with E-state index >= 15 is 0 Å². The van der Waals surface area contributed by atoms with Crippen molar-refractivity contribution >= 4 is 34.8 Å². The van der Waals surface area contributed by atoms with Crippen LogP contribution in [0.3, 0.4) is 0 Å². The summed E-state index contributed by atoms with van der Waals surface area (Å²) < 4.78 is 0. The van der Waals surface area contributed by atoms with Gasteiger partial charge in [0.2, 0.25) is 0 Å². The number of aryl methyl sites for hydroxylation is 2. The molecule has 3 aromatic rings. The molecule has 3 heteroatoms. The van der Waals surface area contributed by atoms with Crippen LogP contribution in [0.5, 0.6) is 0 Å². The van der Waals surface area contributed by atoms with E-state index in [1.165, 1.54) is 120 Å². The van der Waals surface area contributed by atoms with Crippen LogP contribution in [0.25, 0.3) is 0 Å². The van der Waals surface area contributed by atoms with Crippen LogP contribution in [0.2, 0.25) is 10.0 Å². The second-order valence-corrected chi connectivity index (χ2v) is 38.1. The zero-order valence-corrected chi connectivity index (χ0v) is 69.4. The third-order valence-corrected chi connectivity index (χ3v) is 22.6. The lowest BCUT2D eigenvalue weighted by molar-refractivity contribution is 0.145. The molecule has 0 N–H and O–H groups in total. The summed E-state index contributed by atoms with van der Waals surface area (Å²) in [4.78, 5) is 0. The molecular formula is C89H149Cl3. The summed E-state index contributed by atoms with van der Waals surface area (Å²) in [5.74, 6) is 6.16. The Morgan fingerprint density at radius 1 is 0.402 bits per heavy atom. The van der Waals surface area contributed by atoms with E-state index in [-0.39, 0.29) is 37.9 Å². The maximum Gasteiger partial charge on any atom is 0.0583 e. The lowest BCUT2D eigenvalue weighted by Crippen LogP contribution is -2.38. The molecule has 526 valence electrons. The molecule has 8 atom stereocenters. The third kappa shape index (κ3) is 24.0. The highest BCUT2D eigenvalue weighted by Gasteiger charge is 2.42. The van der Waals surface area contributed by atoms with Gasteiger partial charge in [-0.05, 0) is 212 Å². The molecule has 0 spiro atoms. The molecule has 0 radical (unpaired) electrons. The standard InChI is InChI=1S/C26H42.C22H33Cl.C21H33Cl.C16H29Cl.2C2H6/c1-11-19-13-21(14-20(12-2)17(19)3)22-15-23(25(5,6)7)18(4)24(16-22)26(8,9)10;1-8-15-9-11-16(12-10-15)17-13-18(21(2,3)4)20(23)19(14-17)22(5,6)7;1-14-8-10-15(11-9-14)16-12-17(20(2,3)4)19(22)18(13-16)21(5,6)7;1-8-11-9-12(15(2,3)4)14(17)13(10-11)16(5,6)7;2*1-2/h13-15,18,22,24H,11-12,16H2,1-10H3;9,11,13-16H,8,10,12H2,1-7H3;12-15H,8-11H2,1-7H3;9,11,13-14H,8,10H2,1-7H3;2*1-2H3. The van der Waals surface area contributed by atoms with Crippen LogP contribution in [-0.4, -0.2) is 5.38 Å². The molecule has 0 nitrogen and oxygen atoms in total. The van der Waals surface area contributed by atoms with Gasteiger partial charge in [0.25, 0.3) is 0 Å². The van der Waals surface area contributed by atoms with Crippen molar-refractivity contribution in [3.05, 3.63) is 138 Å². The molecule has 3 aromatic carbocycles. The average Bonchev–Trinajstić information content (AvgIpc) is 0.798. The van der Waals surface area contributed by atoms with E-state index in [2.05, 4.69) is 275 Å². The first-order valence-electron chi connectivity index (χ1n) is 37.6. The van der Waals surface area contributed by atoms with Crippen molar-refractivity contribution in [1.82, 2.24) is 0 Å². The van der Waals surface area contributed by atoms with Gasteiger partial charge >= 0.3 is 0 Å². The zero-order valence-electron chi connectivity index (χ0n) is 67.2. The Bertz CT molecular complexity index is 2720. The Labute approximate surface area is 589 Å². The number of hydrogen-bond acceptors (Lipinski definition) is 0. The van der Waals surface area contributed by atoms with Crippen molar-refractivity contribution < 1.29 is 0 Å². The van der Waals surface area contributed by atoms with Crippen molar-refractivity contribution in [2.75, 3.05) is 0 Å². The number of benzene rings is 3. The second kappa shape index (κ2) is 35.0. The Morgan fingerprint density at radius 3 is 1.11 bits per heavy atom. The first-order valence-corrected chi connectivity index (χ1v) is 38.8. The van der Waals surface area contributed by atoms with Crippen molar-refractivity contribution in [2.24, 2.45) is 57.2 Å². The van der Waals surface area contributed by atoms with Gasteiger partial charge in [0, 0.05) is 21.9 Å². The Morgan fingerprint density at radius 2 is 0.783 bits per heavy atom. The summed E-state index contributed by atoms with van der Waals surface area (Å²) in [5, 5.41) is 2.14. The highest BCUT2D eigenvalue weighted by atomic mass is 35.5. The van der Waals surface area contributed by atoms with E-state index in [1.54, 1.807) is 11.1 Å². The number of alkyl halides is 1. The summed E-state index contributed by atoms with van der Waals surface area (Å²) in [6.07, 6.45) is 25.2. The molecule has 0 saturated heterocycles. The highest BCUT2D eigenvalue weighted by molar-refractivity contribution is 6.32. The molecule has 0 bridgehead atoms. The first-order chi connectivity index (χ1) is 42.0. The minimum absolute atomic E-state index is 0.0669. The lowest BCUT2D eigenvalue weighted by Gasteiger charge is -2.45. The van der Waals surface area contributed by atoms with Crippen molar-refractivity contribution in [3.8, 4) is 0 Å². The van der Waals surface area contributed by atoms with Crippen molar-refractivity contribution in [2.45, 2.75) is 364 Å². The normalized spacial score (nSPS) is 24.1.